The quantitative estimate of drug-likeness (QED) is 0.747. The highest BCUT2D eigenvalue weighted by atomic mass is 19.1. The van der Waals surface area contributed by atoms with Gasteiger partial charge >= 0.3 is 5.97 Å². The third kappa shape index (κ3) is 4.22. The van der Waals surface area contributed by atoms with E-state index in [-0.39, 0.29) is 24.5 Å². The van der Waals surface area contributed by atoms with Crippen LogP contribution in [0, 0.1) is 5.82 Å². The Morgan fingerprint density at radius 2 is 1.82 bits per heavy atom. The molecule has 0 aliphatic carbocycles. The highest BCUT2D eigenvalue weighted by Crippen LogP contribution is 2.04. The smallest absolute Gasteiger partial charge is 0.338 e. The molecule has 17 heavy (non-hydrogen) atoms. The molecule has 0 aromatic heterocycles. The lowest BCUT2D eigenvalue weighted by molar-refractivity contribution is -0.129. The Balaban J connectivity index is 2.40. The molecule has 0 spiro atoms. The fraction of sp³-hybridized carbons (Fsp3) is 0.333. The first kappa shape index (κ1) is 13.2. The number of hydrogen-bond acceptors (Lipinski definition) is 3. The van der Waals surface area contributed by atoms with E-state index in [0.29, 0.717) is 0 Å². The van der Waals surface area contributed by atoms with E-state index >= 15 is 0 Å². The van der Waals surface area contributed by atoms with E-state index in [0.717, 1.165) is 0 Å². The minimum Gasteiger partial charge on any atom is -0.462 e. The van der Waals surface area contributed by atoms with E-state index in [1.165, 1.54) is 29.2 Å². The Kier molecular flexibility index (Phi) is 4.63. The van der Waals surface area contributed by atoms with Crippen LogP contribution in [-0.2, 0) is 9.53 Å². The van der Waals surface area contributed by atoms with Gasteiger partial charge in [0.25, 0.3) is 0 Å². The van der Waals surface area contributed by atoms with Gasteiger partial charge in [0, 0.05) is 14.1 Å². The number of ether oxygens (including phenoxy) is 1. The minimum atomic E-state index is -0.559. The zero-order chi connectivity index (χ0) is 12.8. The fourth-order valence-electron chi connectivity index (χ4n) is 1.12. The van der Waals surface area contributed by atoms with E-state index in [1.807, 2.05) is 0 Å². The van der Waals surface area contributed by atoms with E-state index in [9.17, 15) is 14.0 Å². The topological polar surface area (TPSA) is 46.6 Å². The summed E-state index contributed by atoms with van der Waals surface area (Å²) in [5.41, 5.74) is 0.267. The van der Waals surface area contributed by atoms with Crippen molar-refractivity contribution in [3.63, 3.8) is 0 Å². The van der Waals surface area contributed by atoms with Gasteiger partial charge in [0.1, 0.15) is 12.4 Å². The van der Waals surface area contributed by atoms with Crippen molar-refractivity contribution in [2.24, 2.45) is 0 Å². The molecular formula is C12H14FNO3. The molecule has 0 fully saturated rings. The second kappa shape index (κ2) is 5.98. The summed E-state index contributed by atoms with van der Waals surface area (Å²) in [5, 5.41) is 0. The van der Waals surface area contributed by atoms with Crippen LogP contribution in [0.25, 0.3) is 0 Å². The number of esters is 1. The van der Waals surface area contributed by atoms with Gasteiger partial charge in [-0.2, -0.15) is 0 Å². The van der Waals surface area contributed by atoms with Crippen molar-refractivity contribution in [2.45, 2.75) is 6.42 Å². The summed E-state index contributed by atoms with van der Waals surface area (Å²) in [6, 6.07) is 5.04. The number of carbonyl (C=O) groups excluding carboxylic acids is 2. The predicted octanol–water partition coefficient (Wildman–Crippen LogP) is 1.46. The summed E-state index contributed by atoms with van der Waals surface area (Å²) >= 11 is 0. The maximum atomic E-state index is 12.6. The SMILES string of the molecule is CN(C)C(=O)CCOC(=O)c1ccc(F)cc1. The van der Waals surface area contributed by atoms with Crippen molar-refractivity contribution in [3.8, 4) is 0 Å². The third-order valence-electron chi connectivity index (χ3n) is 2.13. The molecule has 0 atom stereocenters. The van der Waals surface area contributed by atoms with E-state index in [2.05, 4.69) is 0 Å². The van der Waals surface area contributed by atoms with Crippen LogP contribution in [0.5, 0.6) is 0 Å². The first-order valence-corrected chi connectivity index (χ1v) is 5.13. The molecule has 0 radical (unpaired) electrons. The van der Waals surface area contributed by atoms with Gasteiger partial charge < -0.3 is 9.64 Å². The van der Waals surface area contributed by atoms with Crippen LogP contribution in [0.1, 0.15) is 16.8 Å². The molecule has 0 heterocycles. The zero-order valence-corrected chi connectivity index (χ0v) is 9.77. The average molecular weight is 239 g/mol. The van der Waals surface area contributed by atoms with Crippen molar-refractivity contribution in [2.75, 3.05) is 20.7 Å². The summed E-state index contributed by atoms with van der Waals surface area (Å²) in [6.07, 6.45) is 0.139. The molecular weight excluding hydrogens is 225 g/mol. The number of carbonyl (C=O) groups is 2. The van der Waals surface area contributed by atoms with Crippen molar-refractivity contribution >= 4 is 11.9 Å². The number of amides is 1. The molecule has 1 aromatic carbocycles. The molecule has 0 aliphatic rings. The summed E-state index contributed by atoms with van der Waals surface area (Å²) in [7, 11) is 3.26. The minimum absolute atomic E-state index is 0.0211. The van der Waals surface area contributed by atoms with Crippen molar-refractivity contribution in [1.82, 2.24) is 4.90 Å². The van der Waals surface area contributed by atoms with E-state index in [1.54, 1.807) is 14.1 Å². The number of nitrogens with zero attached hydrogens (tertiary/aromatic N) is 1. The number of hydrogen-bond donors (Lipinski definition) is 0. The van der Waals surface area contributed by atoms with Crippen LogP contribution >= 0.6 is 0 Å². The van der Waals surface area contributed by atoms with Crippen LogP contribution < -0.4 is 0 Å². The van der Waals surface area contributed by atoms with Gasteiger partial charge in [-0.25, -0.2) is 9.18 Å². The molecule has 5 heteroatoms. The van der Waals surface area contributed by atoms with Crippen LogP contribution in [0.2, 0.25) is 0 Å². The van der Waals surface area contributed by atoms with E-state index in [4.69, 9.17) is 4.74 Å². The van der Waals surface area contributed by atoms with Crippen LogP contribution in [0.3, 0.4) is 0 Å². The lowest BCUT2D eigenvalue weighted by Gasteiger charge is -2.10. The predicted molar refractivity (Wildman–Crippen MR) is 60.0 cm³/mol. The molecule has 4 nitrogen and oxygen atoms in total. The molecule has 0 aliphatic heterocycles. The summed E-state index contributed by atoms with van der Waals surface area (Å²) in [4.78, 5) is 24.1. The molecule has 0 bridgehead atoms. The van der Waals surface area contributed by atoms with Crippen molar-refractivity contribution in [3.05, 3.63) is 35.6 Å². The molecule has 1 amide bonds. The molecule has 1 rings (SSSR count). The maximum absolute atomic E-state index is 12.6. The second-order valence-corrected chi connectivity index (χ2v) is 3.68. The van der Waals surface area contributed by atoms with E-state index < -0.39 is 11.8 Å². The van der Waals surface area contributed by atoms with Crippen LogP contribution in [-0.4, -0.2) is 37.5 Å². The Bertz CT molecular complexity index is 401. The highest BCUT2D eigenvalue weighted by molar-refractivity contribution is 5.89. The van der Waals surface area contributed by atoms with Gasteiger partial charge in [0.2, 0.25) is 5.91 Å². The van der Waals surface area contributed by atoms with Crippen LogP contribution in [0.15, 0.2) is 24.3 Å². The summed E-state index contributed by atoms with van der Waals surface area (Å²) < 4.78 is 17.5. The summed E-state index contributed by atoms with van der Waals surface area (Å²) in [5.74, 6) is -1.09. The van der Waals surface area contributed by atoms with Gasteiger partial charge in [0.05, 0.1) is 12.0 Å². The first-order chi connectivity index (χ1) is 8.00. The number of halogens is 1. The molecule has 0 saturated carbocycles. The molecule has 0 saturated heterocycles. The highest BCUT2D eigenvalue weighted by Gasteiger charge is 2.09. The first-order valence-electron chi connectivity index (χ1n) is 5.13. The van der Waals surface area contributed by atoms with Crippen molar-refractivity contribution in [1.29, 1.82) is 0 Å². The normalized spacial score (nSPS) is 9.82. The number of benzene rings is 1. The third-order valence-corrected chi connectivity index (χ3v) is 2.13. The van der Waals surface area contributed by atoms with Gasteiger partial charge in [-0.1, -0.05) is 0 Å². The van der Waals surface area contributed by atoms with Gasteiger partial charge in [0.15, 0.2) is 0 Å². The zero-order valence-electron chi connectivity index (χ0n) is 9.77. The van der Waals surface area contributed by atoms with Crippen LogP contribution in [0.4, 0.5) is 4.39 Å². The Morgan fingerprint density at radius 1 is 1.24 bits per heavy atom. The molecule has 0 N–H and O–H groups in total. The average Bonchev–Trinajstić information content (AvgIpc) is 2.29. The lowest BCUT2D eigenvalue weighted by Crippen LogP contribution is -2.23. The fourth-order valence-corrected chi connectivity index (χ4v) is 1.12. The van der Waals surface area contributed by atoms with Crippen molar-refractivity contribution < 1.29 is 18.7 Å². The lowest BCUT2D eigenvalue weighted by atomic mass is 10.2. The largest absolute Gasteiger partial charge is 0.462 e. The van der Waals surface area contributed by atoms with Gasteiger partial charge in [-0.3, -0.25) is 4.79 Å². The number of rotatable bonds is 4. The second-order valence-electron chi connectivity index (χ2n) is 3.68. The molecule has 1 aromatic rings. The van der Waals surface area contributed by atoms with Gasteiger partial charge in [-0.15, -0.1) is 0 Å². The van der Waals surface area contributed by atoms with Gasteiger partial charge in [-0.05, 0) is 24.3 Å². The Hall–Kier alpha value is -1.91. The Morgan fingerprint density at radius 3 is 2.35 bits per heavy atom. The standard InChI is InChI=1S/C12H14FNO3/c1-14(2)11(15)7-8-17-12(16)9-3-5-10(13)6-4-9/h3-6H,7-8H2,1-2H3. The molecule has 92 valence electrons. The maximum Gasteiger partial charge on any atom is 0.338 e. The monoisotopic (exact) mass is 239 g/mol. The summed E-state index contributed by atoms with van der Waals surface area (Å²) in [6.45, 7) is 0.0211. The molecule has 0 unspecified atom stereocenters. The Labute approximate surface area is 99.0 Å².